The highest BCUT2D eigenvalue weighted by molar-refractivity contribution is 6.18. The van der Waals surface area contributed by atoms with Gasteiger partial charge in [-0.05, 0) is 29.2 Å². The van der Waals surface area contributed by atoms with E-state index in [0.29, 0.717) is 0 Å². The Morgan fingerprint density at radius 3 is 2.39 bits per heavy atom. The molecule has 6 rings (SSSR count). The summed E-state index contributed by atoms with van der Waals surface area (Å²) in [7, 11) is 0. The smallest absolute Gasteiger partial charge is 0.212 e. The van der Waals surface area contributed by atoms with Gasteiger partial charge in [-0.15, -0.1) is 0 Å². The summed E-state index contributed by atoms with van der Waals surface area (Å²) >= 11 is 0. The molecule has 2 aliphatic heterocycles. The molecule has 0 spiro atoms. The maximum Gasteiger partial charge on any atom is 0.212 e. The predicted octanol–water partition coefficient (Wildman–Crippen LogP) is 5.43. The van der Waals surface area contributed by atoms with Crippen molar-refractivity contribution in [1.82, 2.24) is 0 Å². The second-order valence-electron chi connectivity index (χ2n) is 7.70. The minimum atomic E-state index is 0.864. The van der Waals surface area contributed by atoms with E-state index in [1.54, 1.807) is 0 Å². The molecule has 0 aromatic heterocycles. The summed E-state index contributed by atoms with van der Waals surface area (Å²) in [5.41, 5.74) is 6.84. The second kappa shape index (κ2) is 7.26. The van der Waals surface area contributed by atoms with Crippen LogP contribution in [-0.2, 0) is 0 Å². The first kappa shape index (κ1) is 17.7. The van der Waals surface area contributed by atoms with Gasteiger partial charge in [0.15, 0.2) is 0 Å². The molecule has 2 heteroatoms. The van der Waals surface area contributed by atoms with Crippen molar-refractivity contribution in [3.63, 3.8) is 0 Å². The summed E-state index contributed by atoms with van der Waals surface area (Å²) in [5, 5.41) is 2.55. The van der Waals surface area contributed by atoms with Gasteiger partial charge < -0.3 is 4.74 Å². The number of benzene rings is 4. The Morgan fingerprint density at radius 2 is 1.48 bits per heavy atom. The highest BCUT2D eigenvalue weighted by atomic mass is 16.5. The van der Waals surface area contributed by atoms with Crippen LogP contribution in [0.5, 0.6) is 5.75 Å². The van der Waals surface area contributed by atoms with Crippen molar-refractivity contribution < 1.29 is 9.73 Å². The summed E-state index contributed by atoms with van der Waals surface area (Å²) in [6.07, 6.45) is 8.53. The highest BCUT2D eigenvalue weighted by Gasteiger charge is 2.22. The van der Waals surface area contributed by atoms with Crippen molar-refractivity contribution >= 4 is 33.5 Å². The van der Waals surface area contributed by atoms with E-state index >= 15 is 0 Å². The number of allylic oxidation sites excluding steroid dienone is 5. The van der Waals surface area contributed by atoms with Crippen molar-refractivity contribution in [2.24, 2.45) is 0 Å². The summed E-state index contributed by atoms with van der Waals surface area (Å²) in [5.74, 6) is 1.75. The Hall–Kier alpha value is -4.17. The van der Waals surface area contributed by atoms with Crippen LogP contribution in [0.15, 0.2) is 115 Å². The third kappa shape index (κ3) is 3.10. The molecule has 0 saturated heterocycles. The SMILES string of the molecule is C1=C(c2ccccc2)Oc2ccccc2/C1=C\C=C/C1=[NH+]c2cccc3cccc1c23. The topological polar surface area (TPSA) is 23.2 Å². The van der Waals surface area contributed by atoms with Crippen molar-refractivity contribution in [2.45, 2.75) is 0 Å². The van der Waals surface area contributed by atoms with Crippen molar-refractivity contribution in [3.05, 3.63) is 132 Å². The largest absolute Gasteiger partial charge is 0.456 e. The van der Waals surface area contributed by atoms with Gasteiger partial charge in [-0.3, -0.25) is 0 Å². The van der Waals surface area contributed by atoms with Crippen LogP contribution in [0.2, 0.25) is 0 Å². The zero-order valence-corrected chi connectivity index (χ0v) is 16.9. The summed E-state index contributed by atoms with van der Waals surface area (Å²) in [4.78, 5) is 3.56. The van der Waals surface area contributed by atoms with Gasteiger partial charge in [-0.2, -0.15) is 0 Å². The minimum absolute atomic E-state index is 0.864. The van der Waals surface area contributed by atoms with Gasteiger partial charge in [0.2, 0.25) is 11.4 Å². The molecule has 146 valence electrons. The number of para-hydroxylation sites is 1. The molecule has 0 radical (unpaired) electrons. The van der Waals surface area contributed by atoms with Crippen molar-refractivity contribution in [1.29, 1.82) is 0 Å². The molecule has 0 saturated carbocycles. The fourth-order valence-electron chi connectivity index (χ4n) is 4.31. The lowest BCUT2D eigenvalue weighted by Gasteiger charge is -2.20. The molecule has 2 nitrogen and oxygen atoms in total. The standard InChI is InChI=1S/C29H19NO/c1-2-9-20(10-3-1)28-19-22(23-14-4-5-18-27(23)31-28)13-8-16-25-24-15-6-11-21-12-7-17-26(30-25)29(21)24/h1-19H/p+1/b16-8-,22-13-. The van der Waals surface area contributed by atoms with E-state index in [1.807, 2.05) is 36.4 Å². The van der Waals surface area contributed by atoms with Crippen LogP contribution in [0.4, 0.5) is 5.69 Å². The average molecular weight is 398 g/mol. The zero-order chi connectivity index (χ0) is 20.6. The van der Waals surface area contributed by atoms with E-state index in [-0.39, 0.29) is 0 Å². The molecule has 2 heterocycles. The van der Waals surface area contributed by atoms with E-state index in [0.717, 1.165) is 33.9 Å². The quantitative estimate of drug-likeness (QED) is 0.489. The van der Waals surface area contributed by atoms with E-state index in [9.17, 15) is 0 Å². The summed E-state index contributed by atoms with van der Waals surface area (Å²) in [6, 6.07) is 31.2. The zero-order valence-electron chi connectivity index (χ0n) is 16.9. The minimum Gasteiger partial charge on any atom is -0.456 e. The van der Waals surface area contributed by atoms with Crippen LogP contribution in [-0.4, -0.2) is 5.71 Å². The number of nitrogens with one attached hydrogen (secondary N) is 1. The van der Waals surface area contributed by atoms with Crippen LogP contribution in [0.1, 0.15) is 16.7 Å². The second-order valence-corrected chi connectivity index (χ2v) is 7.70. The molecule has 2 aliphatic rings. The third-order valence-corrected chi connectivity index (χ3v) is 5.77. The molecule has 1 N–H and O–H groups in total. The van der Waals surface area contributed by atoms with Gasteiger partial charge in [0.25, 0.3) is 0 Å². The predicted molar refractivity (Wildman–Crippen MR) is 127 cm³/mol. The van der Waals surface area contributed by atoms with E-state index < -0.39 is 0 Å². The highest BCUT2D eigenvalue weighted by Crippen LogP contribution is 2.36. The van der Waals surface area contributed by atoms with Gasteiger partial charge >= 0.3 is 0 Å². The third-order valence-electron chi connectivity index (χ3n) is 5.77. The number of hydrogen-bond donors (Lipinski definition) is 1. The normalized spacial score (nSPS) is 15.7. The van der Waals surface area contributed by atoms with E-state index in [1.165, 1.54) is 22.0 Å². The molecule has 0 bridgehead atoms. The van der Waals surface area contributed by atoms with Crippen LogP contribution in [0.3, 0.4) is 0 Å². The molecule has 4 aromatic carbocycles. The maximum atomic E-state index is 6.19. The Balaban J connectivity index is 1.39. The lowest BCUT2D eigenvalue weighted by Crippen LogP contribution is -2.63. The van der Waals surface area contributed by atoms with E-state index in [2.05, 4.69) is 83.9 Å². The van der Waals surface area contributed by atoms with E-state index in [4.69, 9.17) is 4.74 Å². The molecule has 4 aromatic rings. The number of ether oxygens (including phenoxy) is 1. The molecule has 0 unspecified atom stereocenters. The first-order valence-electron chi connectivity index (χ1n) is 10.5. The lowest BCUT2D eigenvalue weighted by molar-refractivity contribution is -0.347. The van der Waals surface area contributed by atoms with Crippen LogP contribution < -0.4 is 9.73 Å². The number of fused-ring (bicyclic) bond motifs is 1. The monoisotopic (exact) mass is 398 g/mol. The number of hydrogen-bond acceptors (Lipinski definition) is 1. The molecular formula is C29H20NO+. The lowest BCUT2D eigenvalue weighted by atomic mass is 9.98. The fraction of sp³-hybridized carbons (Fsp3) is 0. The fourth-order valence-corrected chi connectivity index (χ4v) is 4.31. The summed E-state index contributed by atoms with van der Waals surface area (Å²) in [6.45, 7) is 0. The Kier molecular flexibility index (Phi) is 4.14. The van der Waals surface area contributed by atoms with Gasteiger partial charge in [-0.25, -0.2) is 4.99 Å². The molecule has 0 atom stereocenters. The first-order valence-corrected chi connectivity index (χ1v) is 10.5. The Morgan fingerprint density at radius 1 is 0.710 bits per heavy atom. The molecule has 0 aliphatic carbocycles. The van der Waals surface area contributed by atoms with Gasteiger partial charge in [0.1, 0.15) is 11.5 Å². The van der Waals surface area contributed by atoms with Crippen LogP contribution in [0.25, 0.3) is 22.1 Å². The molecule has 0 fully saturated rings. The first-order chi connectivity index (χ1) is 15.4. The Labute approximate surface area is 181 Å². The van der Waals surface area contributed by atoms with Gasteiger partial charge in [0, 0.05) is 23.3 Å². The van der Waals surface area contributed by atoms with Gasteiger partial charge in [0.05, 0.1) is 10.9 Å². The van der Waals surface area contributed by atoms with Crippen LogP contribution >= 0.6 is 0 Å². The molecular weight excluding hydrogens is 378 g/mol. The average Bonchev–Trinajstić information content (AvgIpc) is 3.19. The number of rotatable bonds is 3. The van der Waals surface area contributed by atoms with Gasteiger partial charge in [-0.1, -0.05) is 84.9 Å². The maximum absolute atomic E-state index is 6.19. The van der Waals surface area contributed by atoms with Crippen LogP contribution in [0, 0.1) is 0 Å². The molecule has 31 heavy (non-hydrogen) atoms. The van der Waals surface area contributed by atoms with Crippen molar-refractivity contribution in [2.75, 3.05) is 0 Å². The molecule has 0 amide bonds. The summed E-state index contributed by atoms with van der Waals surface area (Å²) < 4.78 is 6.19. The Bertz CT molecular complexity index is 1430. The van der Waals surface area contributed by atoms with Crippen molar-refractivity contribution in [3.8, 4) is 5.75 Å².